The van der Waals surface area contributed by atoms with Gasteiger partial charge in [-0.2, -0.15) is 0 Å². The van der Waals surface area contributed by atoms with Crippen molar-refractivity contribution in [2.24, 2.45) is 0 Å². The minimum atomic E-state index is -1.70. The van der Waals surface area contributed by atoms with Gasteiger partial charge in [0.1, 0.15) is 47.4 Å². The van der Waals surface area contributed by atoms with Gasteiger partial charge in [0.05, 0.1) is 19.3 Å². The number of phenols is 2. The van der Waals surface area contributed by atoms with E-state index in [0.717, 1.165) is 0 Å². The molecular formula is C22H22O11. The smallest absolute Gasteiger partial charge is 0.229 e. The number of benzene rings is 2. The first kappa shape index (κ1) is 22.8. The number of hydrogen-bond acceptors (Lipinski definition) is 11. The molecule has 5 atom stereocenters. The van der Waals surface area contributed by atoms with Gasteiger partial charge in [0, 0.05) is 6.07 Å². The van der Waals surface area contributed by atoms with Gasteiger partial charge in [-0.15, -0.1) is 0 Å². The van der Waals surface area contributed by atoms with Crippen molar-refractivity contribution in [2.75, 3.05) is 13.7 Å². The van der Waals surface area contributed by atoms with Crippen molar-refractivity contribution in [3.63, 3.8) is 0 Å². The fourth-order valence-corrected chi connectivity index (χ4v) is 3.64. The molecule has 2 heterocycles. The zero-order chi connectivity index (χ0) is 23.9. The van der Waals surface area contributed by atoms with E-state index in [-0.39, 0.29) is 33.8 Å². The Bertz CT molecular complexity index is 1200. The summed E-state index contributed by atoms with van der Waals surface area (Å²) in [5, 5.41) is 59.5. The van der Waals surface area contributed by atoms with Gasteiger partial charge in [-0.1, -0.05) is 12.1 Å². The molecule has 1 saturated heterocycles. The molecule has 0 aliphatic carbocycles. The molecule has 11 nitrogen and oxygen atoms in total. The summed E-state index contributed by atoms with van der Waals surface area (Å²) in [6, 6.07) is 7.06. The molecule has 1 aromatic heterocycles. The third kappa shape index (κ3) is 3.96. The normalized spacial score (nSPS) is 25.2. The monoisotopic (exact) mass is 462 g/mol. The predicted molar refractivity (Wildman–Crippen MR) is 112 cm³/mol. The number of ether oxygens (including phenoxy) is 3. The Morgan fingerprint density at radius 2 is 1.73 bits per heavy atom. The quantitative estimate of drug-likeness (QED) is 0.302. The highest BCUT2D eigenvalue weighted by Crippen LogP contribution is 2.43. The van der Waals surface area contributed by atoms with E-state index in [4.69, 9.17) is 18.6 Å². The van der Waals surface area contributed by atoms with Crippen LogP contribution >= 0.6 is 0 Å². The van der Waals surface area contributed by atoms with Gasteiger partial charge in [-0.25, -0.2) is 0 Å². The Morgan fingerprint density at radius 1 is 1.03 bits per heavy atom. The Labute approximate surface area is 186 Å². The van der Waals surface area contributed by atoms with Crippen molar-refractivity contribution < 1.29 is 49.3 Å². The van der Waals surface area contributed by atoms with Crippen LogP contribution in [0.25, 0.3) is 22.1 Å². The lowest BCUT2D eigenvalue weighted by atomic mass is 9.99. The van der Waals surface area contributed by atoms with Crippen molar-refractivity contribution >= 4 is 11.0 Å². The van der Waals surface area contributed by atoms with Crippen molar-refractivity contribution in [3.05, 3.63) is 46.8 Å². The summed E-state index contributed by atoms with van der Waals surface area (Å²) in [7, 11) is 1.21. The summed E-state index contributed by atoms with van der Waals surface area (Å²) >= 11 is 0. The van der Waals surface area contributed by atoms with Crippen LogP contribution in [0.5, 0.6) is 23.0 Å². The summed E-state index contributed by atoms with van der Waals surface area (Å²) in [5.74, 6) is -1.03. The van der Waals surface area contributed by atoms with Gasteiger partial charge in [0.25, 0.3) is 0 Å². The molecule has 1 fully saturated rings. The maximum atomic E-state index is 13.1. The van der Waals surface area contributed by atoms with Gasteiger partial charge in [0.2, 0.25) is 17.5 Å². The zero-order valence-electron chi connectivity index (χ0n) is 17.3. The summed E-state index contributed by atoms with van der Waals surface area (Å²) in [6.07, 6.45) is -6.52. The van der Waals surface area contributed by atoms with E-state index in [9.17, 15) is 35.4 Å². The number of aliphatic hydroxyl groups excluding tert-OH is 4. The fraction of sp³-hybridized carbons (Fsp3) is 0.318. The molecule has 0 amide bonds. The number of fused-ring (bicyclic) bond motifs is 1. The van der Waals surface area contributed by atoms with Crippen LogP contribution in [0.15, 0.2) is 45.8 Å². The SMILES string of the molecule is COc1c(O[C@H]2O[C@H](CO)[C@@H](O)[C@@H](O)[C@@H]2O)cc2occ(-c3ccc(O)cc3)c(=O)c2c1O. The molecule has 1 aliphatic heterocycles. The molecular weight excluding hydrogens is 440 g/mol. The number of aromatic hydroxyl groups is 2. The van der Waals surface area contributed by atoms with E-state index >= 15 is 0 Å². The first-order valence-corrected chi connectivity index (χ1v) is 9.88. The molecule has 0 spiro atoms. The molecule has 33 heavy (non-hydrogen) atoms. The highest BCUT2D eigenvalue weighted by atomic mass is 16.7. The Kier molecular flexibility index (Phi) is 6.15. The highest BCUT2D eigenvalue weighted by molar-refractivity contribution is 5.91. The molecule has 1 aliphatic rings. The maximum Gasteiger partial charge on any atom is 0.229 e. The fourth-order valence-electron chi connectivity index (χ4n) is 3.64. The standard InChI is InChI=1S/C22H22O11/c1-30-21-13(32-22-20(29)19(28)17(26)14(7-23)33-22)6-12-15(18(21)27)16(25)11(8-31-12)9-2-4-10(24)5-3-9/h2-6,8,14,17,19-20,22-24,26-29H,7H2,1H3/t14-,17-,19-,20+,22+/m1/s1. The molecule has 0 radical (unpaired) electrons. The number of hydrogen-bond donors (Lipinski definition) is 6. The van der Waals surface area contributed by atoms with Crippen molar-refractivity contribution in [3.8, 4) is 34.1 Å². The van der Waals surface area contributed by atoms with E-state index < -0.39 is 48.5 Å². The van der Waals surface area contributed by atoms with Crippen LogP contribution in [0.1, 0.15) is 0 Å². The average molecular weight is 462 g/mol. The topological polar surface area (TPSA) is 179 Å². The summed E-state index contributed by atoms with van der Waals surface area (Å²) in [5.41, 5.74) is -0.0662. The van der Waals surface area contributed by atoms with Gasteiger partial charge in [-0.3, -0.25) is 4.79 Å². The largest absolute Gasteiger partial charge is 0.508 e. The van der Waals surface area contributed by atoms with Crippen LogP contribution in [0.4, 0.5) is 0 Å². The van der Waals surface area contributed by atoms with E-state index in [1.807, 2.05) is 0 Å². The number of aliphatic hydroxyl groups is 4. The Morgan fingerprint density at radius 3 is 2.36 bits per heavy atom. The van der Waals surface area contributed by atoms with E-state index in [2.05, 4.69) is 0 Å². The predicted octanol–water partition coefficient (Wildman–Crippen LogP) is 0.0585. The summed E-state index contributed by atoms with van der Waals surface area (Å²) in [4.78, 5) is 13.1. The van der Waals surface area contributed by atoms with Gasteiger partial charge in [0.15, 0.2) is 11.5 Å². The van der Waals surface area contributed by atoms with Crippen molar-refractivity contribution in [1.29, 1.82) is 0 Å². The average Bonchev–Trinajstić information content (AvgIpc) is 2.80. The molecule has 4 rings (SSSR count). The van der Waals surface area contributed by atoms with Crippen molar-refractivity contribution in [2.45, 2.75) is 30.7 Å². The van der Waals surface area contributed by atoms with Crippen LogP contribution < -0.4 is 14.9 Å². The number of phenolic OH excluding ortho intramolecular Hbond substituents is 2. The lowest BCUT2D eigenvalue weighted by Gasteiger charge is -2.39. The third-order valence-corrected chi connectivity index (χ3v) is 5.43. The van der Waals surface area contributed by atoms with E-state index in [1.54, 1.807) is 0 Å². The van der Waals surface area contributed by atoms with Gasteiger partial charge < -0.3 is 49.3 Å². The molecule has 0 bridgehead atoms. The van der Waals surface area contributed by atoms with Crippen LogP contribution in [0.3, 0.4) is 0 Å². The third-order valence-electron chi connectivity index (χ3n) is 5.43. The maximum absolute atomic E-state index is 13.1. The summed E-state index contributed by atoms with van der Waals surface area (Å²) in [6.45, 7) is -0.653. The van der Waals surface area contributed by atoms with Crippen LogP contribution in [0, 0.1) is 0 Å². The highest BCUT2D eigenvalue weighted by Gasteiger charge is 2.45. The van der Waals surface area contributed by atoms with Gasteiger partial charge >= 0.3 is 0 Å². The van der Waals surface area contributed by atoms with Crippen LogP contribution in [0.2, 0.25) is 0 Å². The van der Waals surface area contributed by atoms with E-state index in [1.165, 1.54) is 43.7 Å². The Hall–Kier alpha value is -3.35. The molecule has 176 valence electrons. The van der Waals surface area contributed by atoms with Crippen LogP contribution in [-0.2, 0) is 4.74 Å². The molecule has 0 unspecified atom stereocenters. The molecule has 3 aromatic rings. The van der Waals surface area contributed by atoms with Crippen LogP contribution in [-0.4, -0.2) is 75.1 Å². The number of methoxy groups -OCH3 is 1. The second-order valence-corrected chi connectivity index (χ2v) is 7.47. The lowest BCUT2D eigenvalue weighted by Crippen LogP contribution is -2.60. The second kappa shape index (κ2) is 8.89. The molecule has 6 N–H and O–H groups in total. The summed E-state index contributed by atoms with van der Waals surface area (Å²) < 4.78 is 21.6. The second-order valence-electron chi connectivity index (χ2n) is 7.47. The minimum Gasteiger partial charge on any atom is -0.508 e. The molecule has 0 saturated carbocycles. The lowest BCUT2D eigenvalue weighted by molar-refractivity contribution is -0.277. The minimum absolute atomic E-state index is 0.0171. The van der Waals surface area contributed by atoms with Gasteiger partial charge in [-0.05, 0) is 17.7 Å². The molecule has 11 heteroatoms. The first-order chi connectivity index (χ1) is 15.8. The van der Waals surface area contributed by atoms with E-state index in [0.29, 0.717) is 5.56 Å². The molecule has 2 aromatic carbocycles. The first-order valence-electron chi connectivity index (χ1n) is 9.88. The Balaban J connectivity index is 1.77. The van der Waals surface area contributed by atoms with Crippen molar-refractivity contribution in [1.82, 2.24) is 0 Å². The zero-order valence-corrected chi connectivity index (χ0v) is 17.3. The number of rotatable bonds is 5.